The maximum atomic E-state index is 10.7. The van der Waals surface area contributed by atoms with E-state index in [-0.39, 0.29) is 4.88 Å². The predicted molar refractivity (Wildman–Crippen MR) is 89.9 cm³/mol. The lowest BCUT2D eigenvalue weighted by Crippen LogP contribution is -2.32. The van der Waals surface area contributed by atoms with Crippen LogP contribution in [-0.4, -0.2) is 16.8 Å². The van der Waals surface area contributed by atoms with Gasteiger partial charge in [0.1, 0.15) is 0 Å². The number of benzene rings is 1. The van der Waals surface area contributed by atoms with Gasteiger partial charge in [-0.3, -0.25) is 5.43 Å². The molecule has 0 bridgehead atoms. The Morgan fingerprint density at radius 3 is 2.55 bits per heavy atom. The van der Waals surface area contributed by atoms with Crippen molar-refractivity contribution >= 4 is 40.3 Å². The minimum Gasteiger partial charge on any atom is -0.544 e. The molecule has 2 rings (SSSR count). The molecule has 0 saturated carbocycles. The van der Waals surface area contributed by atoms with Crippen LogP contribution < -0.4 is 15.8 Å². The Hall–Kier alpha value is -2.25. The van der Waals surface area contributed by atoms with Gasteiger partial charge >= 0.3 is 0 Å². The normalized spacial score (nSPS) is 11.0. The number of aromatic carboxylic acids is 1. The quantitative estimate of drug-likeness (QED) is 0.493. The first-order chi connectivity index (χ1) is 10.6. The summed E-state index contributed by atoms with van der Waals surface area (Å²) in [6.45, 7) is 2.38. The molecule has 0 aliphatic heterocycles. The average molecular weight is 332 g/mol. The number of carbonyl (C=O) groups excluding carboxylic acids is 1. The predicted octanol–water partition coefficient (Wildman–Crippen LogP) is 1.50. The van der Waals surface area contributed by atoms with Crippen LogP contribution in [0, 0.1) is 0 Å². The summed E-state index contributed by atoms with van der Waals surface area (Å²) in [5.74, 6) is -1.18. The van der Waals surface area contributed by atoms with Gasteiger partial charge in [-0.2, -0.15) is 5.10 Å². The van der Waals surface area contributed by atoms with E-state index in [4.69, 9.17) is 12.2 Å². The van der Waals surface area contributed by atoms with Crippen LogP contribution in [-0.2, 0) is 6.54 Å². The molecule has 0 unspecified atom stereocenters. The maximum absolute atomic E-state index is 10.7. The summed E-state index contributed by atoms with van der Waals surface area (Å²) in [5.41, 5.74) is 4.51. The van der Waals surface area contributed by atoms with E-state index in [2.05, 4.69) is 15.8 Å². The summed E-state index contributed by atoms with van der Waals surface area (Å²) in [6, 6.07) is 13.1. The van der Waals surface area contributed by atoms with E-state index in [1.807, 2.05) is 30.3 Å². The summed E-state index contributed by atoms with van der Waals surface area (Å²) in [5, 5.41) is 18.3. The van der Waals surface area contributed by atoms with Gasteiger partial charge in [-0.25, -0.2) is 0 Å². The fourth-order valence-corrected chi connectivity index (χ4v) is 2.55. The van der Waals surface area contributed by atoms with Crippen molar-refractivity contribution in [3.63, 3.8) is 0 Å². The van der Waals surface area contributed by atoms with Gasteiger partial charge in [-0.15, -0.1) is 11.3 Å². The molecule has 0 aliphatic rings. The number of hydrazone groups is 1. The van der Waals surface area contributed by atoms with Crippen molar-refractivity contribution in [2.75, 3.05) is 0 Å². The first-order valence-corrected chi connectivity index (χ1v) is 7.72. The summed E-state index contributed by atoms with van der Waals surface area (Å²) in [4.78, 5) is 11.7. The first kappa shape index (κ1) is 16.1. The fourth-order valence-electron chi connectivity index (χ4n) is 1.65. The molecule has 0 aliphatic carbocycles. The molecule has 2 N–H and O–H groups in total. The number of carbonyl (C=O) groups is 1. The van der Waals surface area contributed by atoms with E-state index in [9.17, 15) is 9.90 Å². The Bertz CT molecular complexity index is 696. The monoisotopic (exact) mass is 332 g/mol. The molecule has 114 valence electrons. The van der Waals surface area contributed by atoms with E-state index >= 15 is 0 Å². The van der Waals surface area contributed by atoms with E-state index in [1.54, 1.807) is 13.0 Å². The van der Waals surface area contributed by atoms with Gasteiger partial charge in [0.2, 0.25) is 0 Å². The Labute approximate surface area is 137 Å². The van der Waals surface area contributed by atoms with Gasteiger partial charge in [0.05, 0.1) is 21.4 Å². The lowest BCUT2D eigenvalue weighted by Gasteiger charge is -2.07. The minimum absolute atomic E-state index is 0.175. The van der Waals surface area contributed by atoms with E-state index in [1.165, 1.54) is 6.07 Å². The Morgan fingerprint density at radius 2 is 1.91 bits per heavy atom. The van der Waals surface area contributed by atoms with Crippen molar-refractivity contribution in [1.29, 1.82) is 0 Å². The highest BCUT2D eigenvalue weighted by atomic mass is 32.1. The number of hydrogen-bond acceptors (Lipinski definition) is 5. The van der Waals surface area contributed by atoms with Crippen molar-refractivity contribution in [1.82, 2.24) is 10.7 Å². The summed E-state index contributed by atoms with van der Waals surface area (Å²) < 4.78 is 0. The third-order valence-electron chi connectivity index (χ3n) is 2.78. The molecule has 5 nitrogen and oxygen atoms in total. The fraction of sp³-hybridized carbons (Fsp3) is 0.133. The van der Waals surface area contributed by atoms with Crippen LogP contribution >= 0.6 is 23.6 Å². The van der Waals surface area contributed by atoms with Gasteiger partial charge in [-0.1, -0.05) is 30.3 Å². The second-order valence-corrected chi connectivity index (χ2v) is 5.92. The van der Waals surface area contributed by atoms with Crippen LogP contribution in [0.3, 0.4) is 0 Å². The standard InChI is InChI=1S/C15H15N3O2S2/c1-10(12-7-8-13(22-12)14(19)20)17-18-15(21)16-9-11-5-3-2-4-6-11/h2-8H,9H2,1H3,(H,19,20)(H2,16,18,21)/p-1/b17-10-. The number of carboxylic acids is 1. The van der Waals surface area contributed by atoms with Crippen molar-refractivity contribution < 1.29 is 9.90 Å². The molecule has 0 fully saturated rings. The Kier molecular flexibility index (Phi) is 5.62. The summed E-state index contributed by atoms with van der Waals surface area (Å²) >= 11 is 6.25. The van der Waals surface area contributed by atoms with Crippen molar-refractivity contribution in [2.45, 2.75) is 13.5 Å². The smallest absolute Gasteiger partial charge is 0.187 e. The number of nitrogens with one attached hydrogen (secondary N) is 2. The summed E-state index contributed by atoms with van der Waals surface area (Å²) in [6.07, 6.45) is 0. The molecule has 0 spiro atoms. The Balaban J connectivity index is 1.87. The molecular weight excluding hydrogens is 318 g/mol. The van der Waals surface area contributed by atoms with Crippen LogP contribution in [0.1, 0.15) is 27.0 Å². The van der Waals surface area contributed by atoms with Crippen molar-refractivity contribution in [2.24, 2.45) is 5.10 Å². The second kappa shape index (κ2) is 7.67. The minimum atomic E-state index is -1.18. The maximum Gasteiger partial charge on any atom is 0.187 e. The first-order valence-electron chi connectivity index (χ1n) is 6.50. The van der Waals surface area contributed by atoms with Crippen molar-refractivity contribution in [3.8, 4) is 0 Å². The number of thiophene rings is 1. The Morgan fingerprint density at radius 1 is 1.23 bits per heavy atom. The molecule has 7 heteroatoms. The zero-order chi connectivity index (χ0) is 15.9. The van der Waals surface area contributed by atoms with Crippen LogP contribution in [0.25, 0.3) is 0 Å². The zero-order valence-corrected chi connectivity index (χ0v) is 13.5. The highest BCUT2D eigenvalue weighted by Crippen LogP contribution is 2.16. The van der Waals surface area contributed by atoms with E-state index in [0.717, 1.165) is 21.8 Å². The molecule has 0 amide bonds. The average Bonchev–Trinajstić information content (AvgIpc) is 3.02. The topological polar surface area (TPSA) is 76.5 Å². The largest absolute Gasteiger partial charge is 0.544 e. The molecule has 1 aromatic heterocycles. The third kappa shape index (κ3) is 4.64. The molecule has 0 saturated heterocycles. The van der Waals surface area contributed by atoms with Gasteiger partial charge in [0.25, 0.3) is 0 Å². The summed E-state index contributed by atoms with van der Waals surface area (Å²) in [7, 11) is 0. The van der Waals surface area contributed by atoms with Gasteiger partial charge in [0, 0.05) is 6.54 Å². The third-order valence-corrected chi connectivity index (χ3v) is 4.19. The highest BCUT2D eigenvalue weighted by Gasteiger charge is 2.04. The van der Waals surface area contributed by atoms with Crippen LogP contribution in [0.5, 0.6) is 0 Å². The zero-order valence-electron chi connectivity index (χ0n) is 11.8. The number of thiocarbonyl (C=S) groups is 1. The number of carboxylic acid groups (broad SMARTS) is 1. The van der Waals surface area contributed by atoms with Gasteiger partial charge < -0.3 is 15.2 Å². The highest BCUT2D eigenvalue weighted by molar-refractivity contribution is 7.80. The van der Waals surface area contributed by atoms with E-state index in [0.29, 0.717) is 17.4 Å². The van der Waals surface area contributed by atoms with Crippen LogP contribution in [0.2, 0.25) is 0 Å². The molecule has 1 heterocycles. The van der Waals surface area contributed by atoms with Crippen LogP contribution in [0.4, 0.5) is 0 Å². The molecule has 1 aromatic carbocycles. The number of nitrogens with zero attached hydrogens (tertiary/aromatic N) is 1. The van der Waals surface area contributed by atoms with Gasteiger partial charge in [-0.05, 0) is 36.8 Å². The number of rotatable bonds is 5. The van der Waals surface area contributed by atoms with Crippen LogP contribution in [0.15, 0.2) is 47.6 Å². The van der Waals surface area contributed by atoms with E-state index < -0.39 is 5.97 Å². The molecule has 2 aromatic rings. The molecule has 0 atom stereocenters. The number of hydrogen-bond donors (Lipinski definition) is 2. The molecule has 0 radical (unpaired) electrons. The second-order valence-electron chi connectivity index (χ2n) is 4.43. The lowest BCUT2D eigenvalue weighted by atomic mass is 10.2. The molecule has 22 heavy (non-hydrogen) atoms. The van der Waals surface area contributed by atoms with Crippen molar-refractivity contribution in [3.05, 3.63) is 57.8 Å². The van der Waals surface area contributed by atoms with Gasteiger partial charge in [0.15, 0.2) is 5.11 Å². The lowest BCUT2D eigenvalue weighted by molar-refractivity contribution is -0.254. The molecular formula is C15H14N3O2S2-. The SMILES string of the molecule is C/C(=N/NC(=S)NCc1ccccc1)c1ccc(C(=O)[O-])s1.